The van der Waals surface area contributed by atoms with Crippen molar-refractivity contribution in [3.8, 4) is 28.7 Å². The van der Waals surface area contributed by atoms with Crippen molar-refractivity contribution in [2.75, 3.05) is 41.3 Å². The molecule has 3 fully saturated rings. The molecule has 47 heavy (non-hydrogen) atoms. The second-order valence-corrected chi connectivity index (χ2v) is 13.0. The van der Waals surface area contributed by atoms with E-state index in [-0.39, 0.29) is 37.3 Å². The molecular formula is C33H34O13S. The van der Waals surface area contributed by atoms with Crippen LogP contribution in [0.5, 0.6) is 28.7 Å². The third-order valence-electron chi connectivity index (χ3n) is 9.62. The van der Waals surface area contributed by atoms with Gasteiger partial charge in [0, 0.05) is 18.9 Å². The van der Waals surface area contributed by atoms with E-state index >= 15 is 0 Å². The van der Waals surface area contributed by atoms with Gasteiger partial charge in [0.25, 0.3) is 0 Å². The first-order chi connectivity index (χ1) is 22.9. The summed E-state index contributed by atoms with van der Waals surface area (Å²) >= 11 is 1.50. The summed E-state index contributed by atoms with van der Waals surface area (Å²) < 4.78 is 59.2. The maximum Gasteiger partial charge on any atom is 0.310 e. The number of thiophene rings is 1. The summed E-state index contributed by atoms with van der Waals surface area (Å²) in [5.41, 5.74) is 2.14. The molecular weight excluding hydrogens is 636 g/mol. The van der Waals surface area contributed by atoms with E-state index < -0.39 is 66.8 Å². The highest BCUT2D eigenvalue weighted by atomic mass is 32.1. The number of phenols is 1. The predicted octanol–water partition coefficient (Wildman–Crippen LogP) is 3.41. The van der Waals surface area contributed by atoms with Crippen molar-refractivity contribution in [1.82, 2.24) is 0 Å². The topological polar surface area (TPSA) is 150 Å². The zero-order chi connectivity index (χ0) is 32.4. The molecule has 1 aliphatic carbocycles. The quantitative estimate of drug-likeness (QED) is 0.354. The van der Waals surface area contributed by atoms with E-state index in [2.05, 4.69) is 0 Å². The lowest BCUT2D eigenvalue weighted by molar-refractivity contribution is -0.371. The van der Waals surface area contributed by atoms with Gasteiger partial charge in [0.15, 0.2) is 35.6 Å². The maximum atomic E-state index is 13.6. The Balaban J connectivity index is 1.17. The fraction of sp³-hybridized carbons (Fsp3) is 0.485. The second kappa shape index (κ2) is 12.1. The van der Waals surface area contributed by atoms with Crippen LogP contribution in [0, 0.1) is 11.8 Å². The molecule has 0 radical (unpaired) electrons. The van der Waals surface area contributed by atoms with Gasteiger partial charge >= 0.3 is 5.97 Å². The van der Waals surface area contributed by atoms with E-state index in [1.165, 1.54) is 32.7 Å². The first kappa shape index (κ1) is 30.7. The summed E-state index contributed by atoms with van der Waals surface area (Å²) in [6.45, 7) is 0.294. The molecule has 14 heteroatoms. The van der Waals surface area contributed by atoms with Crippen LogP contribution in [0.25, 0.3) is 0 Å². The Labute approximate surface area is 273 Å². The van der Waals surface area contributed by atoms with Crippen LogP contribution >= 0.6 is 11.3 Å². The molecule has 1 unspecified atom stereocenters. The molecule has 2 N–H and O–H groups in total. The molecule has 3 aromatic rings. The van der Waals surface area contributed by atoms with E-state index in [0.717, 1.165) is 16.0 Å². The number of cyclic esters (lactones) is 1. The van der Waals surface area contributed by atoms with Gasteiger partial charge in [0.1, 0.15) is 24.4 Å². The number of phenolic OH excluding ortho intramolecular Hbond substituents is 1. The van der Waals surface area contributed by atoms with Crippen LogP contribution in [-0.2, 0) is 33.2 Å². The summed E-state index contributed by atoms with van der Waals surface area (Å²) in [6, 6.07) is 10.9. The van der Waals surface area contributed by atoms with Gasteiger partial charge in [-0.05, 0) is 52.4 Å². The summed E-state index contributed by atoms with van der Waals surface area (Å²) in [7, 11) is 4.37. The Kier molecular flexibility index (Phi) is 7.91. The molecule has 0 bridgehead atoms. The third kappa shape index (κ3) is 5.01. The highest BCUT2D eigenvalue weighted by Crippen LogP contribution is 2.57. The Hall–Kier alpha value is -3.63. The number of fused-ring (bicyclic) bond motifs is 4. The van der Waals surface area contributed by atoms with E-state index in [4.69, 9.17) is 47.4 Å². The second-order valence-electron chi connectivity index (χ2n) is 12.0. The van der Waals surface area contributed by atoms with E-state index in [1.54, 1.807) is 12.1 Å². The number of hydrogen-bond donors (Lipinski definition) is 2. The number of carbonyl (C=O) groups is 1. The van der Waals surface area contributed by atoms with Gasteiger partial charge < -0.3 is 57.6 Å². The number of benzene rings is 2. The fourth-order valence-electron chi connectivity index (χ4n) is 7.42. The Morgan fingerprint density at radius 2 is 1.68 bits per heavy atom. The average Bonchev–Trinajstić information content (AvgIpc) is 3.86. The normalized spacial score (nSPS) is 33.8. The lowest BCUT2D eigenvalue weighted by atomic mass is 9.66. The summed E-state index contributed by atoms with van der Waals surface area (Å²) in [6.07, 6.45) is -5.79. The van der Waals surface area contributed by atoms with Crippen LogP contribution in [0.4, 0.5) is 0 Å². The van der Waals surface area contributed by atoms with Crippen molar-refractivity contribution in [2.45, 2.75) is 49.0 Å². The highest BCUT2D eigenvalue weighted by molar-refractivity contribution is 7.10. The minimum Gasteiger partial charge on any atom is -0.502 e. The van der Waals surface area contributed by atoms with E-state index in [9.17, 15) is 15.0 Å². The molecule has 13 nitrogen and oxygen atoms in total. The number of aliphatic hydroxyl groups excluding tert-OH is 1. The van der Waals surface area contributed by atoms with Gasteiger partial charge in [-0.25, -0.2) is 0 Å². The number of methoxy groups -OCH3 is 3. The van der Waals surface area contributed by atoms with Crippen molar-refractivity contribution >= 4 is 17.3 Å². The number of esters is 1. The number of aliphatic hydroxyl groups is 1. The van der Waals surface area contributed by atoms with Crippen LogP contribution in [-0.4, -0.2) is 88.2 Å². The van der Waals surface area contributed by atoms with Gasteiger partial charge in [0.2, 0.25) is 12.5 Å². The monoisotopic (exact) mass is 670 g/mol. The zero-order valence-corrected chi connectivity index (χ0v) is 26.5. The number of hydrogen-bond acceptors (Lipinski definition) is 14. The van der Waals surface area contributed by atoms with Crippen molar-refractivity contribution < 1.29 is 62.4 Å². The Morgan fingerprint density at radius 3 is 2.36 bits per heavy atom. The van der Waals surface area contributed by atoms with Crippen molar-refractivity contribution in [2.24, 2.45) is 11.8 Å². The van der Waals surface area contributed by atoms with E-state index in [1.807, 2.05) is 29.6 Å². The van der Waals surface area contributed by atoms with Crippen LogP contribution in [0.1, 0.15) is 39.9 Å². The van der Waals surface area contributed by atoms with Crippen molar-refractivity contribution in [1.29, 1.82) is 0 Å². The molecule has 250 valence electrons. The molecule has 5 heterocycles. The molecule has 1 aromatic heterocycles. The van der Waals surface area contributed by atoms with E-state index in [0.29, 0.717) is 17.1 Å². The molecule has 0 spiro atoms. The molecule has 0 saturated carbocycles. The highest BCUT2D eigenvalue weighted by Gasteiger charge is 2.56. The number of aromatic hydroxyl groups is 1. The van der Waals surface area contributed by atoms with Crippen LogP contribution in [0.3, 0.4) is 0 Å². The molecule has 3 saturated heterocycles. The van der Waals surface area contributed by atoms with Crippen LogP contribution < -0.4 is 18.9 Å². The molecule has 2 aromatic carbocycles. The maximum absolute atomic E-state index is 13.6. The number of rotatable bonds is 7. The third-order valence-corrected chi connectivity index (χ3v) is 10.5. The van der Waals surface area contributed by atoms with Gasteiger partial charge in [-0.1, -0.05) is 6.07 Å². The number of ether oxygens (including phenoxy) is 10. The van der Waals surface area contributed by atoms with Gasteiger partial charge in [-0.3, -0.25) is 4.79 Å². The van der Waals surface area contributed by atoms with Gasteiger partial charge in [-0.2, -0.15) is 0 Å². The molecule has 8 rings (SSSR count). The van der Waals surface area contributed by atoms with Crippen LogP contribution in [0.2, 0.25) is 0 Å². The fourth-order valence-corrected chi connectivity index (χ4v) is 8.13. The summed E-state index contributed by atoms with van der Waals surface area (Å²) in [4.78, 5) is 14.4. The van der Waals surface area contributed by atoms with Gasteiger partial charge in [-0.15, -0.1) is 11.3 Å². The smallest absolute Gasteiger partial charge is 0.310 e. The minimum absolute atomic E-state index is 0.0450. The van der Waals surface area contributed by atoms with Crippen molar-refractivity contribution in [3.05, 3.63) is 63.3 Å². The molecule has 10 atom stereocenters. The molecule has 5 aliphatic rings. The zero-order valence-electron chi connectivity index (χ0n) is 25.7. The van der Waals surface area contributed by atoms with Gasteiger partial charge in [0.05, 0.1) is 44.3 Å². The Morgan fingerprint density at radius 1 is 0.936 bits per heavy atom. The first-order valence-corrected chi connectivity index (χ1v) is 16.1. The summed E-state index contributed by atoms with van der Waals surface area (Å²) in [5.74, 6) is -0.808. The predicted molar refractivity (Wildman–Crippen MR) is 161 cm³/mol. The SMILES string of the molecule is COc1cc([C@@H]2c3cc4c(cc3[C@@H](O[C@@H]3O[C@@H]5COC(c6cccs6)O[C@H]5[C@H](O)[C@H]3OC)[C@H]3COC(=O)[C@H]23)OCO4)cc(OC)c1O. The van der Waals surface area contributed by atoms with Crippen molar-refractivity contribution in [3.63, 3.8) is 0 Å². The van der Waals surface area contributed by atoms with Crippen LogP contribution in [0.15, 0.2) is 41.8 Å². The lowest BCUT2D eigenvalue weighted by Crippen LogP contribution is -2.63. The molecule has 0 amide bonds. The standard InChI is InChI=1S/C33H34O13S/c1-37-20-7-14(8-21(38-2)26(20)34)24-15-9-18-19(43-13-42-18)10-16(15)28(17-11-40-31(36)25(17)24)45-33-30(39-3)27(35)29-22(44-33)12-41-32(46-29)23-5-4-6-47-23/h4-10,17,22,24-25,27-30,32-35H,11-13H2,1-3H3/t17-,22+,24+,25-,27-,28+,29+,30+,32?,33-/m0/s1. The largest absolute Gasteiger partial charge is 0.502 e. The Bertz CT molecular complexity index is 1620. The lowest BCUT2D eigenvalue weighted by Gasteiger charge is -2.48. The minimum atomic E-state index is -1.10. The summed E-state index contributed by atoms with van der Waals surface area (Å²) in [5, 5.41) is 24.1. The molecule has 4 aliphatic heterocycles. The number of carbonyl (C=O) groups excluding carboxylic acids is 1. The average molecular weight is 671 g/mol. The first-order valence-electron chi connectivity index (χ1n) is 15.3.